The number of piperidine rings is 2. The number of fused-ring (bicyclic) bond motifs is 1. The van der Waals surface area contributed by atoms with Crippen molar-refractivity contribution in [3.05, 3.63) is 54.4 Å². The minimum atomic E-state index is -0.254. The van der Waals surface area contributed by atoms with Crippen LogP contribution in [-0.2, 0) is 11.3 Å². The van der Waals surface area contributed by atoms with E-state index in [-0.39, 0.29) is 5.41 Å². The second kappa shape index (κ2) is 8.13. The highest BCUT2D eigenvalue weighted by molar-refractivity contribution is 5.84. The normalized spacial score (nSPS) is 18.5. The number of carbonyl (C=O) groups excluding carboxylic acids is 1. The van der Waals surface area contributed by atoms with Gasteiger partial charge in [-0.05, 0) is 49.4 Å². The van der Waals surface area contributed by atoms with E-state index in [1.54, 1.807) is 13.3 Å². The monoisotopic (exact) mass is 417 g/mol. The fraction of sp³-hybridized carbons (Fsp3) is 0.417. The van der Waals surface area contributed by atoms with Gasteiger partial charge in [0.15, 0.2) is 0 Å². The molecule has 2 aliphatic rings. The number of aromatic nitrogens is 3. The Hall–Kier alpha value is -3.22. The third kappa shape index (κ3) is 3.80. The van der Waals surface area contributed by atoms with Crippen LogP contribution in [0.3, 0.4) is 0 Å². The van der Waals surface area contributed by atoms with Gasteiger partial charge in [-0.15, -0.1) is 0 Å². The lowest BCUT2D eigenvalue weighted by Gasteiger charge is -2.46. The maximum atomic E-state index is 13.5. The number of carbonyl (C=O) groups is 1. The first-order valence-electron chi connectivity index (χ1n) is 10.9. The predicted molar refractivity (Wildman–Crippen MR) is 119 cm³/mol. The van der Waals surface area contributed by atoms with Crippen molar-refractivity contribution in [3.63, 3.8) is 0 Å². The molecule has 1 spiro atoms. The van der Waals surface area contributed by atoms with Gasteiger partial charge in [-0.25, -0.2) is 9.97 Å². The lowest BCUT2D eigenvalue weighted by atomic mass is 9.71. The van der Waals surface area contributed by atoms with Crippen molar-refractivity contribution >= 4 is 22.8 Å². The van der Waals surface area contributed by atoms with Gasteiger partial charge in [-0.1, -0.05) is 12.1 Å². The minimum Gasteiger partial charge on any atom is -0.481 e. The SMILES string of the molecule is COc1cc(CN2CCCC3(CCN(c4cnc5ccccc5n4)CC3)C2=O)ccn1. The zero-order valence-electron chi connectivity index (χ0n) is 17.8. The lowest BCUT2D eigenvalue weighted by molar-refractivity contribution is -0.148. The molecule has 31 heavy (non-hydrogen) atoms. The molecule has 1 aromatic carbocycles. The number of benzene rings is 1. The molecule has 2 aromatic heterocycles. The molecule has 5 rings (SSSR count). The average molecular weight is 418 g/mol. The molecule has 4 heterocycles. The van der Waals surface area contributed by atoms with Crippen LogP contribution in [0.25, 0.3) is 11.0 Å². The van der Waals surface area contributed by atoms with E-state index in [0.717, 1.165) is 67.7 Å². The number of rotatable bonds is 4. The van der Waals surface area contributed by atoms with E-state index < -0.39 is 0 Å². The number of pyridine rings is 1. The molecule has 2 fully saturated rings. The summed E-state index contributed by atoms with van der Waals surface area (Å²) in [6.45, 7) is 3.08. The number of nitrogens with zero attached hydrogens (tertiary/aromatic N) is 5. The summed E-state index contributed by atoms with van der Waals surface area (Å²) < 4.78 is 5.23. The number of ether oxygens (including phenoxy) is 1. The fourth-order valence-corrected chi connectivity index (χ4v) is 4.91. The Morgan fingerprint density at radius 2 is 1.84 bits per heavy atom. The molecule has 0 radical (unpaired) electrons. The van der Waals surface area contributed by atoms with Crippen LogP contribution in [0.4, 0.5) is 5.82 Å². The van der Waals surface area contributed by atoms with E-state index in [0.29, 0.717) is 18.3 Å². The molecule has 2 aliphatic heterocycles. The van der Waals surface area contributed by atoms with Gasteiger partial charge in [-0.3, -0.25) is 9.78 Å². The van der Waals surface area contributed by atoms with Crippen molar-refractivity contribution in [2.45, 2.75) is 32.2 Å². The molecule has 1 amide bonds. The van der Waals surface area contributed by atoms with Crippen LogP contribution in [0.5, 0.6) is 5.88 Å². The standard InChI is InChI=1S/C24H27N5O2/c1-31-22-15-18(7-11-25-22)17-29-12-4-8-24(23(29)30)9-13-28(14-10-24)21-16-26-19-5-2-3-6-20(19)27-21/h2-3,5-7,11,15-16H,4,8-10,12-14,17H2,1H3. The third-order valence-corrected chi connectivity index (χ3v) is 6.69. The van der Waals surface area contributed by atoms with E-state index in [2.05, 4.69) is 14.9 Å². The summed E-state index contributed by atoms with van der Waals surface area (Å²) in [4.78, 5) is 31.3. The first-order chi connectivity index (χ1) is 15.2. The predicted octanol–water partition coefficient (Wildman–Crippen LogP) is 3.44. The summed E-state index contributed by atoms with van der Waals surface area (Å²) in [5.74, 6) is 1.78. The number of likely N-dealkylation sites (tertiary alicyclic amines) is 1. The van der Waals surface area contributed by atoms with Crippen LogP contribution >= 0.6 is 0 Å². The number of amides is 1. The maximum absolute atomic E-state index is 13.5. The Morgan fingerprint density at radius 3 is 2.65 bits per heavy atom. The van der Waals surface area contributed by atoms with E-state index in [4.69, 9.17) is 9.72 Å². The van der Waals surface area contributed by atoms with E-state index in [9.17, 15) is 4.79 Å². The minimum absolute atomic E-state index is 0.254. The zero-order valence-corrected chi connectivity index (χ0v) is 17.8. The summed E-state index contributed by atoms with van der Waals surface area (Å²) in [5.41, 5.74) is 2.62. The van der Waals surface area contributed by atoms with Crippen LogP contribution in [0, 0.1) is 5.41 Å². The molecule has 7 heteroatoms. The molecule has 160 valence electrons. The van der Waals surface area contributed by atoms with Gasteiger partial charge in [-0.2, -0.15) is 0 Å². The molecule has 7 nitrogen and oxygen atoms in total. The van der Waals surface area contributed by atoms with Gasteiger partial charge in [0.25, 0.3) is 0 Å². The molecule has 3 aromatic rings. The molecule has 0 bridgehead atoms. The smallest absolute Gasteiger partial charge is 0.229 e. The Balaban J connectivity index is 1.28. The molecular formula is C24H27N5O2. The topological polar surface area (TPSA) is 71.5 Å². The van der Waals surface area contributed by atoms with Gasteiger partial charge in [0.05, 0.1) is 29.8 Å². The van der Waals surface area contributed by atoms with Crippen molar-refractivity contribution in [1.82, 2.24) is 19.9 Å². The highest BCUT2D eigenvalue weighted by Gasteiger charge is 2.45. The second-order valence-electron chi connectivity index (χ2n) is 8.52. The lowest BCUT2D eigenvalue weighted by Crippen LogP contribution is -2.53. The first kappa shape index (κ1) is 19.7. The van der Waals surface area contributed by atoms with Crippen molar-refractivity contribution < 1.29 is 9.53 Å². The summed E-state index contributed by atoms with van der Waals surface area (Å²) in [5, 5.41) is 0. The number of methoxy groups -OCH3 is 1. The molecule has 0 N–H and O–H groups in total. The summed E-state index contributed by atoms with van der Waals surface area (Å²) in [7, 11) is 1.61. The number of hydrogen-bond acceptors (Lipinski definition) is 6. The van der Waals surface area contributed by atoms with Crippen molar-refractivity contribution in [2.24, 2.45) is 5.41 Å². The van der Waals surface area contributed by atoms with Crippen molar-refractivity contribution in [2.75, 3.05) is 31.6 Å². The zero-order chi connectivity index (χ0) is 21.3. The fourth-order valence-electron chi connectivity index (χ4n) is 4.91. The van der Waals surface area contributed by atoms with Gasteiger partial charge < -0.3 is 14.5 Å². The molecule has 0 atom stereocenters. The highest BCUT2D eigenvalue weighted by atomic mass is 16.5. The molecule has 0 saturated carbocycles. The Kier molecular flexibility index (Phi) is 5.18. The third-order valence-electron chi connectivity index (χ3n) is 6.69. The van der Waals surface area contributed by atoms with E-state index >= 15 is 0 Å². The first-order valence-corrected chi connectivity index (χ1v) is 10.9. The summed E-state index contributed by atoms with van der Waals surface area (Å²) in [6, 6.07) is 11.8. The van der Waals surface area contributed by atoms with Gasteiger partial charge in [0.2, 0.25) is 11.8 Å². The van der Waals surface area contributed by atoms with Gasteiger partial charge in [0, 0.05) is 38.4 Å². The molecule has 0 unspecified atom stereocenters. The van der Waals surface area contributed by atoms with Crippen LogP contribution in [0.2, 0.25) is 0 Å². The van der Waals surface area contributed by atoms with Crippen LogP contribution in [0.15, 0.2) is 48.8 Å². The Bertz CT molecular complexity index is 1090. The molecule has 2 saturated heterocycles. The largest absolute Gasteiger partial charge is 0.481 e. The number of anilines is 1. The van der Waals surface area contributed by atoms with E-state index in [1.807, 2.05) is 47.5 Å². The van der Waals surface area contributed by atoms with Crippen molar-refractivity contribution in [1.29, 1.82) is 0 Å². The summed E-state index contributed by atoms with van der Waals surface area (Å²) in [6.07, 6.45) is 7.32. The Morgan fingerprint density at radius 1 is 1.03 bits per heavy atom. The van der Waals surface area contributed by atoms with Crippen LogP contribution in [0.1, 0.15) is 31.2 Å². The summed E-state index contributed by atoms with van der Waals surface area (Å²) >= 11 is 0. The van der Waals surface area contributed by atoms with Gasteiger partial charge >= 0.3 is 0 Å². The van der Waals surface area contributed by atoms with Crippen molar-refractivity contribution in [3.8, 4) is 5.88 Å². The van der Waals surface area contributed by atoms with E-state index in [1.165, 1.54) is 0 Å². The Labute approximate surface area is 182 Å². The average Bonchev–Trinajstić information content (AvgIpc) is 2.82. The molecule has 0 aliphatic carbocycles. The highest BCUT2D eigenvalue weighted by Crippen LogP contribution is 2.42. The van der Waals surface area contributed by atoms with Crippen LogP contribution < -0.4 is 9.64 Å². The maximum Gasteiger partial charge on any atom is 0.229 e. The van der Waals surface area contributed by atoms with Crippen LogP contribution in [-0.4, -0.2) is 52.5 Å². The molecular weight excluding hydrogens is 390 g/mol. The number of hydrogen-bond donors (Lipinski definition) is 0. The quantitative estimate of drug-likeness (QED) is 0.648. The van der Waals surface area contributed by atoms with Gasteiger partial charge in [0.1, 0.15) is 5.82 Å². The second-order valence-corrected chi connectivity index (χ2v) is 8.52. The number of para-hydroxylation sites is 2.